The van der Waals surface area contributed by atoms with Gasteiger partial charge in [0.25, 0.3) is 0 Å². The Hall–Kier alpha value is -2.64. The third kappa shape index (κ3) is 4.57. The van der Waals surface area contributed by atoms with E-state index < -0.39 is 0 Å². The van der Waals surface area contributed by atoms with Crippen molar-refractivity contribution in [3.05, 3.63) is 76.9 Å². The minimum atomic E-state index is -0.156. The predicted molar refractivity (Wildman–Crippen MR) is 119 cm³/mol. The van der Waals surface area contributed by atoms with Crippen molar-refractivity contribution in [3.63, 3.8) is 0 Å². The number of thioether (sulfide) groups is 1. The number of halogens is 1. The molecule has 2 aromatic carbocycles. The van der Waals surface area contributed by atoms with Gasteiger partial charge in [-0.1, -0.05) is 91.8 Å². The molecule has 0 saturated carbocycles. The standard InChI is InChI=1S/C22H22ClN5OS/c1-22(2,3)20-24-18(29-27-20)14-30-21-26-25-19(16-11-7-8-12-17(16)23)28(21)13-15-9-5-4-6-10-15/h4-12H,13-14H2,1-3H3. The van der Waals surface area contributed by atoms with Gasteiger partial charge in [0.1, 0.15) is 0 Å². The second-order valence-corrected chi connectivity index (χ2v) is 9.26. The summed E-state index contributed by atoms with van der Waals surface area (Å²) >= 11 is 7.95. The van der Waals surface area contributed by atoms with Crippen molar-refractivity contribution in [2.24, 2.45) is 0 Å². The van der Waals surface area contributed by atoms with Gasteiger partial charge in [-0.2, -0.15) is 4.98 Å². The van der Waals surface area contributed by atoms with Crippen LogP contribution in [-0.2, 0) is 17.7 Å². The summed E-state index contributed by atoms with van der Waals surface area (Å²) in [4.78, 5) is 4.51. The van der Waals surface area contributed by atoms with Crippen LogP contribution in [-0.4, -0.2) is 24.9 Å². The van der Waals surface area contributed by atoms with Gasteiger partial charge in [-0.15, -0.1) is 10.2 Å². The summed E-state index contributed by atoms with van der Waals surface area (Å²) in [6.07, 6.45) is 0. The highest BCUT2D eigenvalue weighted by Crippen LogP contribution is 2.31. The molecule has 0 aliphatic carbocycles. The summed E-state index contributed by atoms with van der Waals surface area (Å²) in [5, 5.41) is 14.4. The maximum atomic E-state index is 6.44. The molecule has 0 fully saturated rings. The Morgan fingerprint density at radius 1 is 1.00 bits per heavy atom. The van der Waals surface area contributed by atoms with E-state index in [4.69, 9.17) is 16.1 Å². The number of hydrogen-bond acceptors (Lipinski definition) is 6. The molecule has 0 aliphatic rings. The van der Waals surface area contributed by atoms with Crippen LogP contribution in [0.15, 0.2) is 64.3 Å². The summed E-state index contributed by atoms with van der Waals surface area (Å²) in [6.45, 7) is 6.80. The molecule has 0 N–H and O–H groups in total. The summed E-state index contributed by atoms with van der Waals surface area (Å²) < 4.78 is 7.49. The Morgan fingerprint density at radius 2 is 1.73 bits per heavy atom. The van der Waals surface area contributed by atoms with E-state index in [0.717, 1.165) is 22.1 Å². The van der Waals surface area contributed by atoms with Crippen molar-refractivity contribution in [3.8, 4) is 11.4 Å². The van der Waals surface area contributed by atoms with E-state index in [0.29, 0.717) is 29.0 Å². The Balaban J connectivity index is 1.64. The molecular weight excluding hydrogens is 418 g/mol. The molecule has 30 heavy (non-hydrogen) atoms. The van der Waals surface area contributed by atoms with Crippen LogP contribution in [0.25, 0.3) is 11.4 Å². The molecule has 2 heterocycles. The van der Waals surface area contributed by atoms with Crippen LogP contribution in [0.2, 0.25) is 5.02 Å². The zero-order chi connectivity index (χ0) is 21.1. The van der Waals surface area contributed by atoms with Gasteiger partial charge in [0.2, 0.25) is 5.89 Å². The number of aromatic nitrogens is 5. The number of nitrogens with zero attached hydrogens (tertiary/aromatic N) is 5. The Morgan fingerprint density at radius 3 is 2.43 bits per heavy atom. The third-order valence-corrected chi connectivity index (χ3v) is 5.76. The lowest BCUT2D eigenvalue weighted by Gasteiger charge is -2.11. The summed E-state index contributed by atoms with van der Waals surface area (Å²) in [5.41, 5.74) is 1.85. The number of rotatable bonds is 6. The molecule has 154 valence electrons. The zero-order valence-corrected chi connectivity index (χ0v) is 18.6. The average Bonchev–Trinajstić information content (AvgIpc) is 3.35. The number of benzene rings is 2. The maximum Gasteiger partial charge on any atom is 0.237 e. The van der Waals surface area contributed by atoms with Gasteiger partial charge in [0.05, 0.1) is 17.3 Å². The molecule has 0 spiro atoms. The fourth-order valence-corrected chi connectivity index (χ4v) is 3.89. The second kappa shape index (κ2) is 8.62. The molecule has 8 heteroatoms. The quantitative estimate of drug-likeness (QED) is 0.363. The van der Waals surface area contributed by atoms with Gasteiger partial charge in [-0.05, 0) is 17.7 Å². The first kappa shape index (κ1) is 20.6. The molecule has 0 saturated heterocycles. The predicted octanol–water partition coefficient (Wildman–Crippen LogP) is 5.62. The summed E-state index contributed by atoms with van der Waals surface area (Å²) in [7, 11) is 0. The van der Waals surface area contributed by atoms with Gasteiger partial charge in [0.15, 0.2) is 16.8 Å². The van der Waals surface area contributed by atoms with Crippen LogP contribution in [0.1, 0.15) is 38.0 Å². The first-order valence-electron chi connectivity index (χ1n) is 9.60. The minimum Gasteiger partial charge on any atom is -0.338 e. The lowest BCUT2D eigenvalue weighted by atomic mass is 9.96. The van der Waals surface area contributed by atoms with Crippen molar-refractivity contribution >= 4 is 23.4 Å². The van der Waals surface area contributed by atoms with Gasteiger partial charge in [-0.25, -0.2) is 0 Å². The van der Waals surface area contributed by atoms with Gasteiger partial charge in [0, 0.05) is 11.0 Å². The molecule has 4 rings (SSSR count). The van der Waals surface area contributed by atoms with Gasteiger partial charge >= 0.3 is 0 Å². The molecule has 0 atom stereocenters. The van der Waals surface area contributed by atoms with E-state index in [1.165, 1.54) is 11.8 Å². The third-order valence-electron chi connectivity index (χ3n) is 4.48. The van der Waals surface area contributed by atoms with E-state index >= 15 is 0 Å². The zero-order valence-electron chi connectivity index (χ0n) is 17.0. The van der Waals surface area contributed by atoms with Crippen LogP contribution in [0.5, 0.6) is 0 Å². The molecular formula is C22H22ClN5OS. The van der Waals surface area contributed by atoms with Crippen LogP contribution in [0.4, 0.5) is 0 Å². The van der Waals surface area contributed by atoms with E-state index in [9.17, 15) is 0 Å². The monoisotopic (exact) mass is 439 g/mol. The highest BCUT2D eigenvalue weighted by molar-refractivity contribution is 7.98. The Bertz CT molecular complexity index is 1130. The minimum absolute atomic E-state index is 0.156. The molecule has 0 amide bonds. The fourth-order valence-electron chi connectivity index (χ4n) is 2.89. The van der Waals surface area contributed by atoms with Crippen molar-refractivity contribution in [2.75, 3.05) is 0 Å². The van der Waals surface area contributed by atoms with Gasteiger partial charge < -0.3 is 4.52 Å². The smallest absolute Gasteiger partial charge is 0.237 e. The molecule has 0 bridgehead atoms. The van der Waals surface area contributed by atoms with Crippen molar-refractivity contribution < 1.29 is 4.52 Å². The molecule has 0 radical (unpaired) electrons. The lowest BCUT2D eigenvalue weighted by Crippen LogP contribution is -2.13. The van der Waals surface area contributed by atoms with Crippen LogP contribution < -0.4 is 0 Å². The largest absolute Gasteiger partial charge is 0.338 e. The maximum absolute atomic E-state index is 6.44. The normalized spacial score (nSPS) is 11.7. The first-order valence-corrected chi connectivity index (χ1v) is 11.0. The molecule has 4 aromatic rings. The Kier molecular flexibility index (Phi) is 5.92. The van der Waals surface area contributed by atoms with E-state index in [1.54, 1.807) is 0 Å². The average molecular weight is 440 g/mol. The van der Waals surface area contributed by atoms with Crippen molar-refractivity contribution in [1.82, 2.24) is 24.9 Å². The highest BCUT2D eigenvalue weighted by Gasteiger charge is 2.22. The highest BCUT2D eigenvalue weighted by atomic mass is 35.5. The first-order chi connectivity index (χ1) is 14.4. The van der Waals surface area contributed by atoms with Crippen molar-refractivity contribution in [2.45, 2.75) is 43.6 Å². The summed E-state index contributed by atoms with van der Waals surface area (Å²) in [6, 6.07) is 17.9. The topological polar surface area (TPSA) is 69.6 Å². The number of hydrogen-bond donors (Lipinski definition) is 0. The SMILES string of the molecule is CC(C)(C)c1noc(CSc2nnc(-c3ccccc3Cl)n2Cc2ccccc2)n1. The molecule has 0 unspecified atom stereocenters. The molecule has 0 aliphatic heterocycles. The van der Waals surface area contributed by atoms with Crippen molar-refractivity contribution in [1.29, 1.82) is 0 Å². The van der Waals surface area contributed by atoms with Crippen LogP contribution in [0, 0.1) is 0 Å². The second-order valence-electron chi connectivity index (χ2n) is 7.91. The van der Waals surface area contributed by atoms with E-state index in [1.807, 2.05) is 42.5 Å². The van der Waals surface area contributed by atoms with Crippen LogP contribution >= 0.6 is 23.4 Å². The van der Waals surface area contributed by atoms with Crippen LogP contribution in [0.3, 0.4) is 0 Å². The Labute approximate surface area is 184 Å². The fraction of sp³-hybridized carbons (Fsp3) is 0.273. The molecule has 2 aromatic heterocycles. The van der Waals surface area contributed by atoms with E-state index in [2.05, 4.69) is 57.8 Å². The lowest BCUT2D eigenvalue weighted by molar-refractivity contribution is 0.372. The molecule has 6 nitrogen and oxygen atoms in total. The van der Waals surface area contributed by atoms with E-state index in [-0.39, 0.29) is 5.41 Å². The van der Waals surface area contributed by atoms with Gasteiger partial charge in [-0.3, -0.25) is 4.57 Å². The summed E-state index contributed by atoms with van der Waals surface area (Å²) in [5.74, 6) is 2.50.